The smallest absolute Gasteiger partial charge is 0.327 e. The molecule has 16 N–H and O–H groups in total. The van der Waals surface area contributed by atoms with Crippen molar-refractivity contribution in [3.05, 3.63) is 35.9 Å². The Hall–Kier alpha value is -6.46. The maximum atomic E-state index is 13.3. The van der Waals surface area contributed by atoms with E-state index in [1.807, 2.05) is 10.6 Å². The van der Waals surface area contributed by atoms with Crippen LogP contribution in [0.3, 0.4) is 0 Å². The van der Waals surface area contributed by atoms with Crippen LogP contribution < -0.4 is 48.7 Å². The van der Waals surface area contributed by atoms with E-state index < -0.39 is 140 Å². The number of ketones is 1. The number of carboxylic acid groups (broad SMARTS) is 5. The third-order valence-electron chi connectivity index (χ3n) is 9.17. The van der Waals surface area contributed by atoms with Gasteiger partial charge in [0.25, 0.3) is 0 Å². The molecule has 0 saturated heterocycles. The van der Waals surface area contributed by atoms with Crippen LogP contribution in [0.2, 0.25) is 0 Å². The molecule has 28 heteroatoms. The number of nitrogens with two attached hydrogens (primary N) is 2. The normalized spacial score (nSPS) is 14.0. The summed E-state index contributed by atoms with van der Waals surface area (Å²) in [6.07, 6.45) is -2.57. The third kappa shape index (κ3) is 25.7. The van der Waals surface area contributed by atoms with Crippen molar-refractivity contribution in [3.63, 3.8) is 0 Å². The number of carbonyl (C=O) groups excluding carboxylic acids is 6. The van der Waals surface area contributed by atoms with E-state index in [2.05, 4.69) is 39.2 Å². The van der Waals surface area contributed by atoms with Crippen molar-refractivity contribution in [1.29, 1.82) is 0 Å². The molecule has 0 radical (unpaired) electrons. The molecule has 0 heterocycles. The van der Waals surface area contributed by atoms with Gasteiger partial charge in [-0.05, 0) is 18.4 Å². The number of ether oxygens (including phenoxy) is 2. The minimum atomic E-state index is -1.59. The van der Waals surface area contributed by atoms with Gasteiger partial charge in [-0.1, -0.05) is 30.3 Å². The van der Waals surface area contributed by atoms with Crippen LogP contribution in [-0.2, 0) is 63.8 Å². The molecule has 27 nitrogen and oxygen atoms in total. The average molecular weight is 974 g/mol. The molecule has 0 aromatic heterocycles. The zero-order valence-electron chi connectivity index (χ0n) is 36.2. The van der Waals surface area contributed by atoms with E-state index in [4.69, 9.17) is 36.3 Å². The number of nitrogens with one attached hydrogen (secondary N) is 7. The molecule has 0 aliphatic rings. The number of hydrogen-bond acceptors (Lipinski definition) is 17. The van der Waals surface area contributed by atoms with Crippen LogP contribution in [0.5, 0.6) is 0 Å². The number of carboxylic acids is 5. The third-order valence-corrected chi connectivity index (χ3v) is 9.53. The SMILES string of the molecule is NC(CN[C@@H](CC(=O)O)C(=O)N[C@@H](CS)C(=O)O)C(=O)[C@@H](N)CNC(=O)[C@H](Cc1ccccc1)NC(=O)CCOCCOCCNC(=O)CC[C@H](NC(=O)N[C@@H](CCC(=O)O)C(=O)O)C(=O)O. The largest absolute Gasteiger partial charge is 0.481 e. The topological polar surface area (TPSA) is 444 Å². The molecule has 0 bridgehead atoms. The fourth-order valence-corrected chi connectivity index (χ4v) is 5.80. The van der Waals surface area contributed by atoms with Gasteiger partial charge < -0.3 is 83.7 Å². The molecular weight excluding hydrogens is 915 g/mol. The van der Waals surface area contributed by atoms with E-state index in [9.17, 15) is 63.0 Å². The first-order valence-electron chi connectivity index (χ1n) is 20.6. The fourth-order valence-electron chi connectivity index (χ4n) is 5.55. The van der Waals surface area contributed by atoms with Crippen LogP contribution in [0.25, 0.3) is 0 Å². The molecule has 1 aromatic rings. The predicted octanol–water partition coefficient (Wildman–Crippen LogP) is -4.62. The number of benzene rings is 1. The van der Waals surface area contributed by atoms with E-state index in [-0.39, 0.29) is 64.4 Å². The Labute approximate surface area is 388 Å². The van der Waals surface area contributed by atoms with Gasteiger partial charge >= 0.3 is 35.9 Å². The van der Waals surface area contributed by atoms with Gasteiger partial charge in [0.15, 0.2) is 5.78 Å². The lowest BCUT2D eigenvalue weighted by Crippen LogP contribution is -2.57. The van der Waals surface area contributed by atoms with Gasteiger partial charge in [0.1, 0.15) is 24.2 Å². The summed E-state index contributed by atoms with van der Waals surface area (Å²) in [6.45, 7) is -0.774. The Morgan fingerprint density at radius 1 is 0.567 bits per heavy atom. The molecule has 0 spiro atoms. The van der Waals surface area contributed by atoms with Gasteiger partial charge in [0, 0.05) is 51.1 Å². The van der Waals surface area contributed by atoms with E-state index in [0.717, 1.165) is 0 Å². The number of urea groups is 1. The molecule has 0 aliphatic carbocycles. The van der Waals surface area contributed by atoms with Gasteiger partial charge in [0.05, 0.1) is 51.0 Å². The highest BCUT2D eigenvalue weighted by Gasteiger charge is 2.30. The van der Waals surface area contributed by atoms with Crippen LogP contribution >= 0.6 is 12.6 Å². The number of hydrogen-bond donors (Lipinski definition) is 15. The van der Waals surface area contributed by atoms with Gasteiger partial charge in [-0.2, -0.15) is 12.6 Å². The molecule has 0 saturated carbocycles. The molecule has 1 rings (SSSR count). The van der Waals surface area contributed by atoms with Crippen molar-refractivity contribution in [2.45, 2.75) is 87.2 Å². The predicted molar refractivity (Wildman–Crippen MR) is 233 cm³/mol. The Balaban J connectivity index is 2.53. The highest BCUT2D eigenvalue weighted by Crippen LogP contribution is 2.06. The summed E-state index contributed by atoms with van der Waals surface area (Å²) in [5.74, 6) is -11.0. The van der Waals surface area contributed by atoms with E-state index >= 15 is 0 Å². The highest BCUT2D eigenvalue weighted by molar-refractivity contribution is 7.80. The van der Waals surface area contributed by atoms with Crippen molar-refractivity contribution in [3.8, 4) is 0 Å². The van der Waals surface area contributed by atoms with Crippen LogP contribution in [0.4, 0.5) is 4.79 Å². The minimum Gasteiger partial charge on any atom is -0.481 e. The van der Waals surface area contributed by atoms with Crippen LogP contribution in [0.15, 0.2) is 30.3 Å². The number of amides is 6. The lowest BCUT2D eigenvalue weighted by atomic mass is 10.0. The van der Waals surface area contributed by atoms with Gasteiger partial charge in [-0.3, -0.25) is 33.6 Å². The summed E-state index contributed by atoms with van der Waals surface area (Å²) in [4.78, 5) is 132. The monoisotopic (exact) mass is 973 g/mol. The highest BCUT2D eigenvalue weighted by atomic mass is 32.1. The molecule has 0 aliphatic heterocycles. The Bertz CT molecular complexity index is 1850. The molecule has 1 aromatic carbocycles. The van der Waals surface area contributed by atoms with Gasteiger partial charge in [0.2, 0.25) is 23.6 Å². The van der Waals surface area contributed by atoms with Crippen LogP contribution in [0, 0.1) is 0 Å². The Morgan fingerprint density at radius 2 is 1.13 bits per heavy atom. The first-order valence-corrected chi connectivity index (χ1v) is 21.2. The number of rotatable bonds is 36. The summed E-state index contributed by atoms with van der Waals surface area (Å²) in [5, 5.41) is 62.0. The fraction of sp³-hybridized carbons (Fsp3) is 0.564. The van der Waals surface area contributed by atoms with Crippen molar-refractivity contribution in [2.75, 3.05) is 51.8 Å². The summed E-state index contributed by atoms with van der Waals surface area (Å²) in [5.41, 5.74) is 12.6. The number of thiol groups is 1. The number of aliphatic carboxylic acids is 5. The number of Topliss-reactive ketones (excluding diaryl/α,β-unsaturated/α-hetero) is 1. The average Bonchev–Trinajstić information content (AvgIpc) is 3.27. The molecular formula is C39H59N9O18S. The quantitative estimate of drug-likeness (QED) is 0.0222. The standard InChI is InChI=1S/C39H59N9O18S/c40-22(18-43-26(17-32(53)54)35(57)46-28(20-67)38(62)63)33(55)23(41)19-44-34(56)27(16-21-4-2-1-3-5-21)45-30(50)10-12-65-14-15-66-13-11-42-29(49)8-6-24(36(58)59)47-39(64)48-25(37(60)61)7-9-31(51)52/h1-5,22-28,43,67H,6-20,40-41H2,(H,42,49)(H,44,56)(H,45,50)(H,46,57)(H,51,52)(H,53,54)(H,58,59)(H,60,61)(H,62,63)(H2,47,48,64)/t22?,23-,24-,25-,26-,27-,28-/m0/s1. The van der Waals surface area contributed by atoms with Crippen molar-refractivity contribution in [2.24, 2.45) is 11.5 Å². The summed E-state index contributed by atoms with van der Waals surface area (Å²) >= 11 is 3.84. The Morgan fingerprint density at radius 3 is 1.69 bits per heavy atom. The summed E-state index contributed by atoms with van der Waals surface area (Å²) in [6, 6.07) is -2.39. The summed E-state index contributed by atoms with van der Waals surface area (Å²) < 4.78 is 10.8. The van der Waals surface area contributed by atoms with Crippen molar-refractivity contribution < 1.29 is 87.7 Å². The van der Waals surface area contributed by atoms with Crippen molar-refractivity contribution in [1.82, 2.24) is 37.2 Å². The van der Waals surface area contributed by atoms with Crippen molar-refractivity contribution >= 4 is 77.9 Å². The first kappa shape index (κ1) is 58.6. The summed E-state index contributed by atoms with van der Waals surface area (Å²) in [7, 11) is 0. The molecule has 0 fully saturated rings. The van der Waals surface area contributed by atoms with Crippen LogP contribution in [-0.4, -0.2) is 185 Å². The first-order chi connectivity index (χ1) is 31.6. The van der Waals surface area contributed by atoms with Crippen LogP contribution in [0.1, 0.15) is 44.1 Å². The second-order valence-corrected chi connectivity index (χ2v) is 14.9. The zero-order valence-corrected chi connectivity index (χ0v) is 37.1. The van der Waals surface area contributed by atoms with E-state index in [0.29, 0.717) is 5.56 Å². The number of carbonyl (C=O) groups is 11. The molecule has 1 unspecified atom stereocenters. The molecule has 374 valence electrons. The lowest BCUT2D eigenvalue weighted by molar-refractivity contribution is -0.143. The Kier molecular flexibility index (Phi) is 28.2. The lowest BCUT2D eigenvalue weighted by Gasteiger charge is -2.23. The van der Waals surface area contributed by atoms with Gasteiger partial charge in [-0.15, -0.1) is 0 Å². The molecule has 67 heavy (non-hydrogen) atoms. The zero-order chi connectivity index (χ0) is 50.5. The maximum Gasteiger partial charge on any atom is 0.327 e. The second kappa shape index (κ2) is 32.3. The molecule has 7 atom stereocenters. The maximum absolute atomic E-state index is 13.3. The van der Waals surface area contributed by atoms with Gasteiger partial charge in [-0.25, -0.2) is 19.2 Å². The molecule has 6 amide bonds. The van der Waals surface area contributed by atoms with E-state index in [1.165, 1.54) is 0 Å². The minimum absolute atomic E-state index is 0.0227. The second-order valence-electron chi connectivity index (χ2n) is 14.5. The van der Waals surface area contributed by atoms with E-state index in [1.54, 1.807) is 30.3 Å².